The third kappa shape index (κ3) is 2.56. The summed E-state index contributed by atoms with van der Waals surface area (Å²) in [5.74, 6) is 0. The Morgan fingerprint density at radius 3 is 2.74 bits per heavy atom. The lowest BCUT2D eigenvalue weighted by molar-refractivity contribution is -0.253. The van der Waals surface area contributed by atoms with Crippen LogP contribution in [0.3, 0.4) is 0 Å². The van der Waals surface area contributed by atoms with Gasteiger partial charge in [-0.05, 0) is 28.5 Å². The summed E-state index contributed by atoms with van der Waals surface area (Å²) in [6.07, 6.45) is 1.79. The minimum absolute atomic E-state index is 0.00845. The minimum atomic E-state index is -0.340. The maximum absolute atomic E-state index is 11.9. The van der Waals surface area contributed by atoms with Crippen LogP contribution in [-0.2, 0) is 25.0 Å². The van der Waals surface area contributed by atoms with Gasteiger partial charge in [-0.3, -0.25) is 5.26 Å². The molecule has 2 aromatic rings. The summed E-state index contributed by atoms with van der Waals surface area (Å²) in [5.41, 5.74) is 2.01. The number of benzene rings is 1. The van der Waals surface area contributed by atoms with Crippen molar-refractivity contribution in [3.8, 4) is 5.69 Å². The molecule has 0 saturated heterocycles. The summed E-state index contributed by atoms with van der Waals surface area (Å²) in [4.78, 5) is 16.1. The number of nitrogens with zero attached hydrogens (tertiary/aromatic N) is 4. The monoisotopic (exact) mass is 264 g/mol. The first-order valence-corrected chi connectivity index (χ1v) is 6.05. The number of rotatable bonds is 5. The van der Waals surface area contributed by atoms with E-state index in [0.29, 0.717) is 5.69 Å². The Balaban J connectivity index is 2.59. The largest absolute Gasteiger partial charge is 0.368 e. The second-order valence-corrected chi connectivity index (χ2v) is 4.24. The average molecular weight is 264 g/mol. The molecule has 1 aromatic heterocycles. The van der Waals surface area contributed by atoms with Crippen LogP contribution in [0, 0.1) is 0 Å². The molecule has 0 atom stereocenters. The van der Waals surface area contributed by atoms with E-state index in [-0.39, 0.29) is 12.3 Å². The van der Waals surface area contributed by atoms with Gasteiger partial charge in [0.05, 0.1) is 5.69 Å². The van der Waals surface area contributed by atoms with Crippen molar-refractivity contribution < 1.29 is 10.1 Å². The van der Waals surface area contributed by atoms with Crippen LogP contribution in [0.25, 0.3) is 5.69 Å². The number of tetrazole rings is 1. The maximum Gasteiger partial charge on any atom is 0.368 e. The first kappa shape index (κ1) is 13.4. The lowest BCUT2D eigenvalue weighted by Crippen LogP contribution is -2.23. The molecule has 0 radical (unpaired) electrons. The smallest absolute Gasteiger partial charge is 0.251 e. The molecule has 1 heterocycles. The van der Waals surface area contributed by atoms with Gasteiger partial charge in [0.1, 0.15) is 6.61 Å². The maximum atomic E-state index is 11.9. The second kappa shape index (κ2) is 5.77. The molecule has 1 aromatic carbocycles. The molecule has 0 fully saturated rings. The Kier molecular flexibility index (Phi) is 4.08. The van der Waals surface area contributed by atoms with Crippen molar-refractivity contribution in [2.45, 2.75) is 26.4 Å². The summed E-state index contributed by atoms with van der Waals surface area (Å²) in [6, 6.07) is 5.55. The number of hydrogen-bond donors (Lipinski definition) is 1. The normalized spacial score (nSPS) is 10.9. The zero-order valence-corrected chi connectivity index (χ0v) is 10.9. The van der Waals surface area contributed by atoms with Gasteiger partial charge in [0.25, 0.3) is 0 Å². The fourth-order valence-electron chi connectivity index (χ4n) is 2.02. The van der Waals surface area contributed by atoms with Crippen LogP contribution in [0.2, 0.25) is 0 Å². The van der Waals surface area contributed by atoms with Crippen LogP contribution in [0.15, 0.2) is 23.0 Å². The topological polar surface area (TPSA) is 82.2 Å². The Labute approximate surface area is 110 Å². The van der Waals surface area contributed by atoms with Gasteiger partial charge in [0.15, 0.2) is 0 Å². The Morgan fingerprint density at radius 2 is 2.16 bits per heavy atom. The third-order valence-electron chi connectivity index (χ3n) is 2.93. The van der Waals surface area contributed by atoms with Crippen LogP contribution in [0.5, 0.6) is 0 Å². The fourth-order valence-corrected chi connectivity index (χ4v) is 2.02. The van der Waals surface area contributed by atoms with Crippen molar-refractivity contribution in [2.75, 3.05) is 0 Å². The van der Waals surface area contributed by atoms with Gasteiger partial charge >= 0.3 is 5.69 Å². The highest BCUT2D eigenvalue weighted by molar-refractivity contribution is 5.45. The van der Waals surface area contributed by atoms with Gasteiger partial charge in [-0.2, -0.15) is 9.36 Å². The molecule has 1 N–H and O–H groups in total. The third-order valence-corrected chi connectivity index (χ3v) is 2.93. The van der Waals surface area contributed by atoms with Crippen molar-refractivity contribution in [3.63, 3.8) is 0 Å². The molecule has 102 valence electrons. The van der Waals surface area contributed by atoms with Crippen molar-refractivity contribution in [2.24, 2.45) is 7.05 Å². The standard InChI is InChI=1S/C12H16N4O3/c1-3-5-9-6-4-7-11(10(9)8-19-18)16-12(17)15(2)13-14-16/h4,6-7,18H,3,5,8H2,1-2H3. The minimum Gasteiger partial charge on any atom is -0.251 e. The molecule has 2 rings (SSSR count). The molecule has 0 aliphatic rings. The molecule has 19 heavy (non-hydrogen) atoms. The van der Waals surface area contributed by atoms with E-state index in [1.807, 2.05) is 12.1 Å². The highest BCUT2D eigenvalue weighted by Gasteiger charge is 2.14. The number of hydrogen-bond acceptors (Lipinski definition) is 5. The quantitative estimate of drug-likeness (QED) is 0.641. The molecule has 0 aliphatic carbocycles. The van der Waals surface area contributed by atoms with Gasteiger partial charge in [-0.25, -0.2) is 9.68 Å². The van der Waals surface area contributed by atoms with E-state index in [4.69, 9.17) is 5.26 Å². The van der Waals surface area contributed by atoms with E-state index < -0.39 is 0 Å². The van der Waals surface area contributed by atoms with E-state index in [0.717, 1.165) is 28.7 Å². The Bertz CT molecular complexity index is 618. The van der Waals surface area contributed by atoms with E-state index in [2.05, 4.69) is 22.2 Å². The van der Waals surface area contributed by atoms with Crippen LogP contribution >= 0.6 is 0 Å². The van der Waals surface area contributed by atoms with Crippen LogP contribution in [-0.4, -0.2) is 25.0 Å². The van der Waals surface area contributed by atoms with Crippen LogP contribution in [0.4, 0.5) is 0 Å². The lowest BCUT2D eigenvalue weighted by atomic mass is 10.0. The Hall–Kier alpha value is -1.99. The van der Waals surface area contributed by atoms with Gasteiger partial charge in [0.2, 0.25) is 0 Å². The van der Waals surface area contributed by atoms with Crippen molar-refractivity contribution >= 4 is 0 Å². The number of aromatic nitrogens is 4. The SMILES string of the molecule is CCCc1cccc(-n2nnn(C)c2=O)c1COO. The predicted octanol–water partition coefficient (Wildman–Crippen LogP) is 0.908. The van der Waals surface area contributed by atoms with Crippen LogP contribution in [0.1, 0.15) is 24.5 Å². The average Bonchev–Trinajstić information content (AvgIpc) is 2.73. The van der Waals surface area contributed by atoms with Gasteiger partial charge < -0.3 is 0 Å². The number of aryl methyl sites for hydroxylation is 2. The van der Waals surface area contributed by atoms with E-state index in [1.165, 1.54) is 11.7 Å². The van der Waals surface area contributed by atoms with E-state index >= 15 is 0 Å². The predicted molar refractivity (Wildman–Crippen MR) is 68.0 cm³/mol. The molecule has 7 nitrogen and oxygen atoms in total. The second-order valence-electron chi connectivity index (χ2n) is 4.24. The molecule has 7 heteroatoms. The summed E-state index contributed by atoms with van der Waals surface area (Å²) in [6.45, 7) is 2.07. The summed E-state index contributed by atoms with van der Waals surface area (Å²) >= 11 is 0. The molecule has 0 unspecified atom stereocenters. The van der Waals surface area contributed by atoms with Crippen molar-refractivity contribution in [3.05, 3.63) is 39.8 Å². The first-order chi connectivity index (χ1) is 9.19. The zero-order chi connectivity index (χ0) is 13.8. The van der Waals surface area contributed by atoms with Crippen molar-refractivity contribution in [1.82, 2.24) is 19.8 Å². The van der Waals surface area contributed by atoms with Gasteiger partial charge in [-0.1, -0.05) is 25.5 Å². The Morgan fingerprint density at radius 1 is 1.37 bits per heavy atom. The van der Waals surface area contributed by atoms with Gasteiger partial charge in [0, 0.05) is 12.6 Å². The first-order valence-electron chi connectivity index (χ1n) is 6.05. The zero-order valence-electron chi connectivity index (χ0n) is 10.9. The fraction of sp³-hybridized carbons (Fsp3) is 0.417. The molecular weight excluding hydrogens is 248 g/mol. The highest BCUT2D eigenvalue weighted by Crippen LogP contribution is 2.19. The lowest BCUT2D eigenvalue weighted by Gasteiger charge is -2.11. The molecule has 0 amide bonds. The molecule has 0 saturated carbocycles. The van der Waals surface area contributed by atoms with E-state index in [9.17, 15) is 4.79 Å². The summed E-state index contributed by atoms with van der Waals surface area (Å²) in [7, 11) is 1.53. The van der Waals surface area contributed by atoms with Crippen molar-refractivity contribution in [1.29, 1.82) is 0 Å². The van der Waals surface area contributed by atoms with E-state index in [1.54, 1.807) is 6.07 Å². The summed E-state index contributed by atoms with van der Waals surface area (Å²) < 4.78 is 2.35. The highest BCUT2D eigenvalue weighted by atomic mass is 17.1. The van der Waals surface area contributed by atoms with Crippen LogP contribution < -0.4 is 5.69 Å². The molecule has 0 bridgehead atoms. The molecular formula is C12H16N4O3. The molecule has 0 aliphatic heterocycles. The van der Waals surface area contributed by atoms with Gasteiger partial charge in [-0.15, -0.1) is 0 Å². The molecule has 0 spiro atoms. The summed E-state index contributed by atoms with van der Waals surface area (Å²) in [5, 5.41) is 16.2.